The van der Waals surface area contributed by atoms with E-state index in [0.29, 0.717) is 5.92 Å². The Bertz CT molecular complexity index is 1630. The Kier molecular flexibility index (Phi) is 6.73. The van der Waals surface area contributed by atoms with Gasteiger partial charge < -0.3 is 14.4 Å². The van der Waals surface area contributed by atoms with Gasteiger partial charge in [0.05, 0.1) is 39.6 Å². The van der Waals surface area contributed by atoms with Crippen molar-refractivity contribution in [1.82, 2.24) is 24.5 Å². The van der Waals surface area contributed by atoms with Crippen LogP contribution in [0.15, 0.2) is 59.6 Å². The molecule has 1 saturated heterocycles. The molecule has 0 spiro atoms. The first-order valence-corrected chi connectivity index (χ1v) is 14.7. The number of pyridine rings is 1. The molecule has 1 fully saturated rings. The van der Waals surface area contributed by atoms with E-state index < -0.39 is 5.60 Å². The van der Waals surface area contributed by atoms with Gasteiger partial charge in [-0.3, -0.25) is 4.98 Å². The first-order valence-electron chi connectivity index (χ1n) is 13.5. The van der Waals surface area contributed by atoms with E-state index in [0.717, 1.165) is 75.4 Å². The van der Waals surface area contributed by atoms with E-state index in [1.807, 2.05) is 44.8 Å². The van der Waals surface area contributed by atoms with Gasteiger partial charge in [0.25, 0.3) is 0 Å². The molecule has 6 rings (SSSR count). The average Bonchev–Trinajstić information content (AvgIpc) is 3.45. The molecule has 2 aromatic carbocycles. The minimum absolute atomic E-state index is 0.0841. The highest BCUT2D eigenvalue weighted by atomic mass is 32.2. The van der Waals surface area contributed by atoms with Gasteiger partial charge in [-0.25, -0.2) is 4.68 Å². The summed E-state index contributed by atoms with van der Waals surface area (Å²) in [4.78, 5) is 6.25. The molecule has 0 radical (unpaired) electrons. The fraction of sp³-hybridized carbons (Fsp3) is 0.387. The molecule has 0 bridgehead atoms. The van der Waals surface area contributed by atoms with Crippen LogP contribution < -0.4 is 0 Å². The van der Waals surface area contributed by atoms with Gasteiger partial charge in [-0.2, -0.15) is 0 Å². The normalized spacial score (nSPS) is 15.8. The summed E-state index contributed by atoms with van der Waals surface area (Å²) in [6, 6.07) is 17.2. The molecule has 0 amide bonds. The summed E-state index contributed by atoms with van der Waals surface area (Å²) in [5.41, 5.74) is 7.26. The lowest BCUT2D eigenvalue weighted by molar-refractivity contribution is 0.0552. The highest BCUT2D eigenvalue weighted by Crippen LogP contribution is 2.45. The molecule has 202 valence electrons. The SMILES string of the molecule is CSc1c(-c2c(C)nnn2C)cnc2c3ccc(C(C)(C)O)cc3n(C(c3ccccc3)C3CCOCC3)c12. The molecular formula is C31H35N5O2S. The topological polar surface area (TPSA) is 78.0 Å². The molecule has 1 unspecified atom stereocenters. The molecular weight excluding hydrogens is 506 g/mol. The van der Waals surface area contributed by atoms with E-state index in [2.05, 4.69) is 63.6 Å². The lowest BCUT2D eigenvalue weighted by Gasteiger charge is -2.33. The molecule has 1 atom stereocenters. The zero-order chi connectivity index (χ0) is 27.3. The molecule has 1 aliphatic rings. The van der Waals surface area contributed by atoms with E-state index in [4.69, 9.17) is 9.72 Å². The fourth-order valence-electron chi connectivity index (χ4n) is 6.14. The summed E-state index contributed by atoms with van der Waals surface area (Å²) in [6.07, 6.45) is 6.07. The molecule has 1 N–H and O–H groups in total. The molecule has 5 aromatic rings. The van der Waals surface area contributed by atoms with Gasteiger partial charge in [-0.05, 0) is 63.0 Å². The molecule has 7 nitrogen and oxygen atoms in total. The summed E-state index contributed by atoms with van der Waals surface area (Å²) in [5.74, 6) is 0.393. The van der Waals surface area contributed by atoms with E-state index >= 15 is 0 Å². The van der Waals surface area contributed by atoms with Gasteiger partial charge in [0.2, 0.25) is 0 Å². The molecule has 8 heteroatoms. The summed E-state index contributed by atoms with van der Waals surface area (Å²) < 4.78 is 10.2. The third-order valence-electron chi connectivity index (χ3n) is 8.05. The fourth-order valence-corrected chi connectivity index (χ4v) is 6.90. The van der Waals surface area contributed by atoms with Gasteiger partial charge in [0, 0.05) is 42.3 Å². The number of nitrogens with zero attached hydrogens (tertiary/aromatic N) is 5. The van der Waals surface area contributed by atoms with Crippen molar-refractivity contribution in [2.75, 3.05) is 19.5 Å². The summed E-state index contributed by atoms with van der Waals surface area (Å²) >= 11 is 1.74. The van der Waals surface area contributed by atoms with Crippen molar-refractivity contribution in [3.63, 3.8) is 0 Å². The molecule has 1 aliphatic heterocycles. The van der Waals surface area contributed by atoms with E-state index in [1.54, 1.807) is 11.8 Å². The summed E-state index contributed by atoms with van der Waals surface area (Å²) in [6.45, 7) is 7.21. The lowest BCUT2D eigenvalue weighted by atomic mass is 9.86. The van der Waals surface area contributed by atoms with Gasteiger partial charge in [0.1, 0.15) is 0 Å². The van der Waals surface area contributed by atoms with Crippen molar-refractivity contribution in [1.29, 1.82) is 0 Å². The number of hydrogen-bond acceptors (Lipinski definition) is 6. The van der Waals surface area contributed by atoms with Gasteiger partial charge in [-0.1, -0.05) is 47.7 Å². The van der Waals surface area contributed by atoms with Crippen molar-refractivity contribution in [2.45, 2.75) is 50.2 Å². The monoisotopic (exact) mass is 541 g/mol. The quantitative estimate of drug-likeness (QED) is 0.256. The Morgan fingerprint density at radius 1 is 1.10 bits per heavy atom. The second kappa shape index (κ2) is 10.1. The van der Waals surface area contributed by atoms with Crippen LogP contribution in [0.5, 0.6) is 0 Å². The van der Waals surface area contributed by atoms with Crippen LogP contribution in [0.1, 0.15) is 49.6 Å². The Labute approximate surface area is 233 Å². The summed E-state index contributed by atoms with van der Waals surface area (Å²) in [7, 11) is 1.93. The average molecular weight is 542 g/mol. The highest BCUT2D eigenvalue weighted by Gasteiger charge is 2.32. The number of aliphatic hydroxyl groups is 1. The van der Waals surface area contributed by atoms with Crippen LogP contribution in [0.4, 0.5) is 0 Å². The summed E-state index contributed by atoms with van der Waals surface area (Å²) in [5, 5.41) is 20.7. The van der Waals surface area contributed by atoms with Gasteiger partial charge >= 0.3 is 0 Å². The second-order valence-electron chi connectivity index (χ2n) is 11.0. The third-order valence-corrected chi connectivity index (χ3v) is 8.87. The molecule has 4 heterocycles. The van der Waals surface area contributed by atoms with Gasteiger partial charge in [-0.15, -0.1) is 16.9 Å². The van der Waals surface area contributed by atoms with Crippen LogP contribution in [0.25, 0.3) is 33.2 Å². The Morgan fingerprint density at radius 2 is 1.85 bits per heavy atom. The van der Waals surface area contributed by atoms with Crippen LogP contribution in [-0.2, 0) is 17.4 Å². The number of benzene rings is 2. The predicted octanol–water partition coefficient (Wildman–Crippen LogP) is 6.26. The minimum Gasteiger partial charge on any atom is -0.386 e. The standard InChI is InChI=1S/C31H35N5O2S/c1-19-27(35(4)34-33-19)24-18-32-26-23-12-11-22(31(2,3)37)17-25(23)36(29(26)30(24)39-5)28(20-9-7-6-8-10-20)21-13-15-38-16-14-21/h6-12,17-18,21,28,37H,13-16H2,1-5H3. The second-order valence-corrected chi connectivity index (χ2v) is 11.8. The number of fused-ring (bicyclic) bond motifs is 3. The number of ether oxygens (including phenoxy) is 1. The molecule has 3 aromatic heterocycles. The van der Waals surface area contributed by atoms with Crippen LogP contribution in [0.3, 0.4) is 0 Å². The van der Waals surface area contributed by atoms with Crippen LogP contribution >= 0.6 is 11.8 Å². The lowest BCUT2D eigenvalue weighted by Crippen LogP contribution is -2.27. The number of hydrogen-bond donors (Lipinski definition) is 1. The van der Waals surface area contributed by atoms with Crippen molar-refractivity contribution < 1.29 is 9.84 Å². The smallest absolute Gasteiger partial charge is 0.0972 e. The molecule has 0 aliphatic carbocycles. The van der Waals surface area contributed by atoms with Crippen LogP contribution in [-0.4, -0.2) is 49.1 Å². The number of rotatable bonds is 6. The Hall–Kier alpha value is -3.20. The largest absolute Gasteiger partial charge is 0.386 e. The maximum absolute atomic E-state index is 11.0. The first-order chi connectivity index (χ1) is 18.8. The zero-order valence-electron chi connectivity index (χ0n) is 23.2. The van der Waals surface area contributed by atoms with Crippen molar-refractivity contribution in [3.05, 3.63) is 71.5 Å². The maximum Gasteiger partial charge on any atom is 0.0972 e. The van der Waals surface area contributed by atoms with Crippen LogP contribution in [0, 0.1) is 12.8 Å². The first kappa shape index (κ1) is 26.0. The van der Waals surface area contributed by atoms with Crippen molar-refractivity contribution in [2.24, 2.45) is 13.0 Å². The number of aromatic nitrogens is 5. The Morgan fingerprint density at radius 3 is 2.49 bits per heavy atom. The predicted molar refractivity (Wildman–Crippen MR) is 157 cm³/mol. The van der Waals surface area contributed by atoms with E-state index in [-0.39, 0.29) is 6.04 Å². The van der Waals surface area contributed by atoms with Crippen LogP contribution in [0.2, 0.25) is 0 Å². The Balaban J connectivity index is 1.76. The minimum atomic E-state index is -0.963. The number of aryl methyl sites for hydroxylation is 2. The maximum atomic E-state index is 11.0. The zero-order valence-corrected chi connectivity index (χ0v) is 24.0. The third kappa shape index (κ3) is 4.44. The van der Waals surface area contributed by atoms with Crippen molar-refractivity contribution in [3.8, 4) is 11.3 Å². The van der Waals surface area contributed by atoms with E-state index in [1.165, 1.54) is 5.56 Å². The molecule has 0 saturated carbocycles. The highest BCUT2D eigenvalue weighted by molar-refractivity contribution is 7.99. The van der Waals surface area contributed by atoms with Gasteiger partial charge in [0.15, 0.2) is 0 Å². The van der Waals surface area contributed by atoms with Crippen molar-refractivity contribution >= 4 is 33.7 Å². The van der Waals surface area contributed by atoms with E-state index in [9.17, 15) is 5.11 Å². The molecule has 39 heavy (non-hydrogen) atoms. The number of thioether (sulfide) groups is 1.